The number of carbonyl (C=O) groups excluding carboxylic acids is 3. The highest BCUT2D eigenvalue weighted by Crippen LogP contribution is 2.48. The summed E-state index contributed by atoms with van der Waals surface area (Å²) >= 11 is 0. The van der Waals surface area contributed by atoms with Crippen LogP contribution < -0.4 is 24.6 Å². The number of aromatic hydroxyl groups is 1. The van der Waals surface area contributed by atoms with Crippen LogP contribution in [-0.4, -0.2) is 97.2 Å². The summed E-state index contributed by atoms with van der Waals surface area (Å²) in [5, 5.41) is 12.6. The molecule has 0 spiro atoms. The number of amides is 3. The first-order valence-electron chi connectivity index (χ1n) is 20.2. The lowest BCUT2D eigenvalue weighted by molar-refractivity contribution is -0.136. The van der Waals surface area contributed by atoms with Gasteiger partial charge in [-0.15, -0.1) is 0 Å². The minimum Gasteiger partial charge on any atom is -0.508 e. The summed E-state index contributed by atoms with van der Waals surface area (Å²) in [6, 6.07) is 28.8. The molecule has 2 N–H and O–H groups in total. The van der Waals surface area contributed by atoms with Gasteiger partial charge in [0.05, 0.1) is 24.9 Å². The number of carbonyl (C=O) groups is 3. The number of fused-ring (bicyclic) bond motifs is 6. The summed E-state index contributed by atoms with van der Waals surface area (Å²) in [5.74, 6) is 1.85. The van der Waals surface area contributed by atoms with E-state index in [0.29, 0.717) is 37.7 Å². The maximum Gasteiger partial charge on any atom is 0.255 e. The molecule has 4 aromatic rings. The Morgan fingerprint density at radius 1 is 0.786 bits per heavy atom. The van der Waals surface area contributed by atoms with E-state index in [1.807, 2.05) is 18.2 Å². The second-order valence-electron chi connectivity index (χ2n) is 16.3. The summed E-state index contributed by atoms with van der Waals surface area (Å²) in [6.07, 6.45) is 2.90. The molecule has 0 bridgehead atoms. The fraction of sp³-hybridized carbons (Fsp3) is 0.400. The topological polar surface area (TPSA) is 115 Å². The van der Waals surface area contributed by atoms with Gasteiger partial charge in [-0.05, 0) is 66.6 Å². The highest BCUT2D eigenvalue weighted by atomic mass is 16.5. The first-order chi connectivity index (χ1) is 27.4. The average molecular weight is 754 g/mol. The Hall–Kier alpha value is -5.55. The number of nitrogens with one attached hydrogen (secondary N) is 1. The molecule has 11 nitrogen and oxygen atoms in total. The molecular weight excluding hydrogens is 707 g/mol. The molecule has 6 heterocycles. The summed E-state index contributed by atoms with van der Waals surface area (Å²) in [7, 11) is 0. The van der Waals surface area contributed by atoms with Gasteiger partial charge >= 0.3 is 0 Å². The van der Waals surface area contributed by atoms with E-state index in [-0.39, 0.29) is 41.9 Å². The van der Waals surface area contributed by atoms with Crippen LogP contribution in [0.3, 0.4) is 0 Å². The molecule has 6 aliphatic heterocycles. The molecule has 11 heteroatoms. The lowest BCUT2D eigenvalue weighted by Crippen LogP contribution is -2.58. The number of phenolic OH excluding ortho intramolecular Hbond substituents is 1. The van der Waals surface area contributed by atoms with Crippen LogP contribution in [0, 0.1) is 5.92 Å². The van der Waals surface area contributed by atoms with Crippen molar-refractivity contribution >= 4 is 29.1 Å². The van der Waals surface area contributed by atoms with Crippen LogP contribution in [-0.2, 0) is 16.1 Å². The maximum absolute atomic E-state index is 13.4. The Morgan fingerprint density at radius 2 is 1.61 bits per heavy atom. The van der Waals surface area contributed by atoms with Crippen molar-refractivity contribution < 1.29 is 29.0 Å². The monoisotopic (exact) mass is 753 g/mol. The Morgan fingerprint density at radius 3 is 2.41 bits per heavy atom. The van der Waals surface area contributed by atoms with Crippen LogP contribution in [0.1, 0.15) is 70.1 Å². The number of rotatable bonds is 6. The Bertz CT molecular complexity index is 2170. The Labute approximate surface area is 326 Å². The van der Waals surface area contributed by atoms with Gasteiger partial charge in [0.25, 0.3) is 5.91 Å². The molecule has 4 aromatic carbocycles. The lowest BCUT2D eigenvalue weighted by atomic mass is 9.76. The number of benzene rings is 4. The van der Waals surface area contributed by atoms with Crippen molar-refractivity contribution in [1.82, 2.24) is 15.1 Å². The van der Waals surface area contributed by atoms with Gasteiger partial charge in [0, 0.05) is 86.0 Å². The van der Waals surface area contributed by atoms with E-state index in [1.165, 1.54) is 16.8 Å². The van der Waals surface area contributed by atoms with Crippen molar-refractivity contribution in [2.24, 2.45) is 5.92 Å². The van der Waals surface area contributed by atoms with Crippen LogP contribution >= 0.6 is 0 Å². The zero-order valence-electron chi connectivity index (χ0n) is 31.4. The first-order valence-corrected chi connectivity index (χ1v) is 20.2. The normalized spacial score (nSPS) is 25.1. The minimum absolute atomic E-state index is 0.130. The molecule has 10 rings (SSSR count). The Balaban J connectivity index is 0.758. The number of ether oxygens (including phenoxy) is 2. The van der Waals surface area contributed by atoms with Gasteiger partial charge in [-0.3, -0.25) is 24.6 Å². The van der Waals surface area contributed by atoms with Crippen molar-refractivity contribution in [3.8, 4) is 17.2 Å². The van der Waals surface area contributed by atoms with Gasteiger partial charge in [0.2, 0.25) is 11.8 Å². The average Bonchev–Trinajstić information content (AvgIpc) is 3.56. The molecule has 6 aliphatic rings. The number of imide groups is 1. The van der Waals surface area contributed by atoms with Crippen LogP contribution in [0.5, 0.6) is 17.2 Å². The lowest BCUT2D eigenvalue weighted by Gasteiger charge is -2.47. The maximum atomic E-state index is 13.4. The fourth-order valence-electron chi connectivity index (χ4n) is 10.1. The van der Waals surface area contributed by atoms with Crippen molar-refractivity contribution in [3.05, 3.63) is 113 Å². The smallest absolute Gasteiger partial charge is 0.255 e. The van der Waals surface area contributed by atoms with E-state index in [1.54, 1.807) is 17.0 Å². The summed E-state index contributed by atoms with van der Waals surface area (Å²) < 4.78 is 12.6. The number of phenols is 1. The van der Waals surface area contributed by atoms with Crippen molar-refractivity contribution in [1.29, 1.82) is 0 Å². The van der Waals surface area contributed by atoms with Gasteiger partial charge in [-0.1, -0.05) is 48.5 Å². The molecule has 56 heavy (non-hydrogen) atoms. The van der Waals surface area contributed by atoms with E-state index < -0.39 is 11.9 Å². The standard InChI is InChI=1S/C45H47N5O6/c51-33-10-11-35-40(22-33)55-27-37(29-4-2-1-3-5-29)42(35)30-6-8-31(9-7-30)48-18-16-28(17-19-48)23-47-20-21-49-32(24-47)26-56-43-36-25-50(39-14-15-41(52)46-44(39)53)45(54)34(36)12-13-38(43)49/h1-13,22,28,32,37,39,42,51H,14-21,23-27H2,(H,46,52,53)/t32-,37?,39?,42?/m1/s1. The minimum atomic E-state index is -0.637. The number of piperidine rings is 2. The molecule has 0 radical (unpaired) electrons. The van der Waals surface area contributed by atoms with E-state index in [2.05, 4.69) is 74.6 Å². The third-order valence-corrected chi connectivity index (χ3v) is 13.1. The fourth-order valence-corrected chi connectivity index (χ4v) is 10.1. The van der Waals surface area contributed by atoms with Crippen molar-refractivity contribution in [2.45, 2.75) is 56.1 Å². The van der Waals surface area contributed by atoms with E-state index in [0.717, 1.165) is 80.4 Å². The highest BCUT2D eigenvalue weighted by Gasteiger charge is 2.43. The van der Waals surface area contributed by atoms with Crippen LogP contribution in [0.15, 0.2) is 84.9 Å². The molecule has 3 amide bonds. The SMILES string of the molecule is O=C1CCC(N2Cc3c(ccc4c3OC[C@H]3CN(CC5CCN(c6ccc(C7c8ccc(O)cc8OCC7c7ccccc7)cc6)CC5)CCN43)C2=O)C(=O)N1. The molecular formula is C45H47N5O6. The predicted octanol–water partition coefficient (Wildman–Crippen LogP) is 5.26. The van der Waals surface area contributed by atoms with Gasteiger partial charge in [-0.25, -0.2) is 0 Å². The highest BCUT2D eigenvalue weighted by molar-refractivity contribution is 6.06. The number of piperazine rings is 1. The molecule has 0 saturated carbocycles. The number of nitrogens with zero attached hydrogens (tertiary/aromatic N) is 4. The van der Waals surface area contributed by atoms with E-state index in [9.17, 15) is 19.5 Å². The summed E-state index contributed by atoms with van der Waals surface area (Å²) in [4.78, 5) is 46.9. The van der Waals surface area contributed by atoms with Crippen LogP contribution in [0.2, 0.25) is 0 Å². The van der Waals surface area contributed by atoms with Gasteiger partial charge in [0.1, 0.15) is 29.9 Å². The summed E-state index contributed by atoms with van der Waals surface area (Å²) in [6.45, 7) is 7.44. The molecule has 3 fully saturated rings. The first kappa shape index (κ1) is 34.9. The van der Waals surface area contributed by atoms with Gasteiger partial charge in [-0.2, -0.15) is 0 Å². The van der Waals surface area contributed by atoms with Crippen LogP contribution in [0.4, 0.5) is 11.4 Å². The molecule has 3 unspecified atom stereocenters. The van der Waals surface area contributed by atoms with Gasteiger partial charge < -0.3 is 29.3 Å². The number of hydrogen-bond acceptors (Lipinski definition) is 9. The molecule has 4 atom stereocenters. The van der Waals surface area contributed by atoms with E-state index in [4.69, 9.17) is 9.47 Å². The third-order valence-electron chi connectivity index (χ3n) is 13.1. The second kappa shape index (κ2) is 14.2. The van der Waals surface area contributed by atoms with E-state index >= 15 is 0 Å². The zero-order chi connectivity index (χ0) is 37.9. The Kier molecular flexibility index (Phi) is 8.84. The summed E-state index contributed by atoms with van der Waals surface area (Å²) in [5.41, 5.74) is 7.37. The predicted molar refractivity (Wildman–Crippen MR) is 212 cm³/mol. The number of anilines is 2. The molecule has 288 valence electrons. The van der Waals surface area contributed by atoms with Crippen molar-refractivity contribution in [3.63, 3.8) is 0 Å². The third kappa shape index (κ3) is 6.22. The van der Waals surface area contributed by atoms with Crippen LogP contribution in [0.25, 0.3) is 0 Å². The zero-order valence-corrected chi connectivity index (χ0v) is 31.4. The second-order valence-corrected chi connectivity index (χ2v) is 16.3. The van der Waals surface area contributed by atoms with Crippen molar-refractivity contribution in [2.75, 3.05) is 62.3 Å². The quantitative estimate of drug-likeness (QED) is 0.255. The van der Waals surface area contributed by atoms with Gasteiger partial charge in [0.15, 0.2) is 0 Å². The molecule has 3 saturated heterocycles. The largest absolute Gasteiger partial charge is 0.508 e. The molecule has 0 aromatic heterocycles. The molecule has 0 aliphatic carbocycles. The number of hydrogen-bond donors (Lipinski definition) is 2.